The van der Waals surface area contributed by atoms with Crippen LogP contribution < -0.4 is 0 Å². The summed E-state index contributed by atoms with van der Waals surface area (Å²) in [5.41, 5.74) is -1.70. The number of nitrogens with zero attached hydrogens (tertiary/aromatic N) is 4. The third-order valence-electron chi connectivity index (χ3n) is 2.25. The van der Waals surface area contributed by atoms with E-state index in [1.165, 1.54) is 0 Å². The molecule has 0 unspecified atom stereocenters. The van der Waals surface area contributed by atoms with Gasteiger partial charge in [-0.3, -0.25) is 20.2 Å². The monoisotopic (exact) mass is 304 g/mol. The van der Waals surface area contributed by atoms with E-state index in [0.717, 1.165) is 12.1 Å². The van der Waals surface area contributed by atoms with Gasteiger partial charge in [0.05, 0.1) is 15.9 Å². The number of hydrogen-bond donors (Lipinski definition) is 0. The lowest BCUT2D eigenvalue weighted by atomic mass is 10.1. The summed E-state index contributed by atoms with van der Waals surface area (Å²) in [6.07, 6.45) is -4.89. The first kappa shape index (κ1) is 14.4. The van der Waals surface area contributed by atoms with Crippen molar-refractivity contribution in [1.29, 1.82) is 0 Å². The first-order valence-electron chi connectivity index (χ1n) is 5.03. The summed E-state index contributed by atoms with van der Waals surface area (Å²) in [6, 6.07) is 2.27. The molecule has 0 bridgehead atoms. The fourth-order valence-electron chi connectivity index (χ4n) is 1.39. The van der Waals surface area contributed by atoms with E-state index in [-0.39, 0.29) is 5.56 Å². The Bertz CT molecular complexity index is 694. The van der Waals surface area contributed by atoms with E-state index in [2.05, 4.69) is 14.7 Å². The second kappa shape index (κ2) is 4.81. The average molecular weight is 304 g/mol. The van der Waals surface area contributed by atoms with Crippen LogP contribution in [-0.4, -0.2) is 20.0 Å². The molecule has 0 radical (unpaired) electrons. The van der Waals surface area contributed by atoms with Crippen LogP contribution in [0.3, 0.4) is 0 Å². The quantitative estimate of drug-likeness (QED) is 0.630. The Balaban J connectivity index is 2.55. The lowest BCUT2D eigenvalue weighted by molar-refractivity contribution is -0.394. The van der Waals surface area contributed by atoms with Gasteiger partial charge in [-0.15, -0.1) is 0 Å². The van der Waals surface area contributed by atoms with Gasteiger partial charge in [-0.25, -0.2) is 0 Å². The first-order valence-corrected chi connectivity index (χ1v) is 5.03. The van der Waals surface area contributed by atoms with Gasteiger partial charge >= 0.3 is 12.1 Å². The van der Waals surface area contributed by atoms with Crippen molar-refractivity contribution in [2.24, 2.45) is 0 Å². The maximum Gasteiger partial charge on any atom is 0.471 e. The van der Waals surface area contributed by atoms with Gasteiger partial charge in [0.1, 0.15) is 0 Å². The third kappa shape index (κ3) is 2.93. The number of rotatable bonds is 3. The maximum atomic E-state index is 12.3. The number of nitro groups is 2. The highest BCUT2D eigenvalue weighted by Gasteiger charge is 2.38. The van der Waals surface area contributed by atoms with Crippen molar-refractivity contribution in [1.82, 2.24) is 10.1 Å². The highest BCUT2D eigenvalue weighted by Crippen LogP contribution is 2.32. The number of nitro benzene ring substituents is 2. The zero-order valence-electron chi connectivity index (χ0n) is 9.70. The van der Waals surface area contributed by atoms with E-state index in [1.54, 1.807) is 0 Å². The number of non-ortho nitro benzene ring substituents is 2. The molecule has 0 aliphatic heterocycles. The van der Waals surface area contributed by atoms with E-state index < -0.39 is 39.1 Å². The number of aromatic nitrogens is 2. The van der Waals surface area contributed by atoms with Gasteiger partial charge in [-0.2, -0.15) is 18.2 Å². The minimum atomic E-state index is -4.89. The molecular weight excluding hydrogens is 301 g/mol. The Morgan fingerprint density at radius 2 is 1.57 bits per heavy atom. The minimum Gasteiger partial charge on any atom is -0.329 e. The lowest BCUT2D eigenvalue weighted by Gasteiger charge is -1.97. The van der Waals surface area contributed by atoms with Gasteiger partial charge in [-0.1, -0.05) is 5.16 Å². The Hall–Kier alpha value is -3.05. The molecule has 9 nitrogen and oxygen atoms in total. The average Bonchev–Trinajstić information content (AvgIpc) is 2.87. The van der Waals surface area contributed by atoms with Crippen LogP contribution in [0.2, 0.25) is 0 Å². The van der Waals surface area contributed by atoms with Crippen LogP contribution in [0.15, 0.2) is 22.7 Å². The van der Waals surface area contributed by atoms with Crippen LogP contribution in [0.4, 0.5) is 24.5 Å². The Kier molecular flexibility index (Phi) is 3.29. The molecule has 1 aromatic carbocycles. The van der Waals surface area contributed by atoms with Gasteiger partial charge in [0.2, 0.25) is 5.82 Å². The van der Waals surface area contributed by atoms with Crippen LogP contribution in [-0.2, 0) is 6.18 Å². The number of halogens is 3. The third-order valence-corrected chi connectivity index (χ3v) is 2.25. The largest absolute Gasteiger partial charge is 0.471 e. The van der Waals surface area contributed by atoms with E-state index in [9.17, 15) is 33.4 Å². The predicted octanol–water partition coefficient (Wildman–Crippen LogP) is 2.57. The van der Waals surface area contributed by atoms with E-state index in [0.29, 0.717) is 6.07 Å². The number of alkyl halides is 3. The molecule has 0 N–H and O–H groups in total. The molecule has 1 aromatic heterocycles. The molecule has 0 atom stereocenters. The smallest absolute Gasteiger partial charge is 0.329 e. The van der Waals surface area contributed by atoms with Gasteiger partial charge in [-0.05, 0) is 0 Å². The second-order valence-corrected chi connectivity index (χ2v) is 3.67. The molecule has 0 aliphatic carbocycles. The molecule has 21 heavy (non-hydrogen) atoms. The van der Waals surface area contributed by atoms with Crippen LogP contribution >= 0.6 is 0 Å². The zero-order valence-corrected chi connectivity index (χ0v) is 9.70. The van der Waals surface area contributed by atoms with Crippen molar-refractivity contribution in [2.45, 2.75) is 6.18 Å². The molecule has 0 spiro atoms. The molecule has 1 heterocycles. The topological polar surface area (TPSA) is 125 Å². The highest BCUT2D eigenvalue weighted by atomic mass is 19.4. The normalized spacial score (nSPS) is 11.4. The van der Waals surface area contributed by atoms with Crippen LogP contribution in [0.1, 0.15) is 5.89 Å². The fourth-order valence-corrected chi connectivity index (χ4v) is 1.39. The van der Waals surface area contributed by atoms with Crippen molar-refractivity contribution < 1.29 is 27.5 Å². The Morgan fingerprint density at radius 1 is 1.05 bits per heavy atom. The van der Waals surface area contributed by atoms with E-state index in [1.807, 2.05) is 0 Å². The van der Waals surface area contributed by atoms with Gasteiger partial charge in [0.25, 0.3) is 11.4 Å². The number of hydrogen-bond acceptors (Lipinski definition) is 7. The van der Waals surface area contributed by atoms with Crippen LogP contribution in [0.5, 0.6) is 0 Å². The second-order valence-electron chi connectivity index (χ2n) is 3.67. The molecule has 2 aromatic rings. The summed E-state index contributed by atoms with van der Waals surface area (Å²) in [5, 5.41) is 24.3. The maximum absolute atomic E-state index is 12.3. The summed E-state index contributed by atoms with van der Waals surface area (Å²) in [4.78, 5) is 22.5. The summed E-state index contributed by atoms with van der Waals surface area (Å²) in [7, 11) is 0. The zero-order chi connectivity index (χ0) is 15.8. The number of benzene rings is 1. The van der Waals surface area contributed by atoms with Crippen molar-refractivity contribution in [3.05, 3.63) is 44.3 Å². The molecule has 0 saturated carbocycles. The summed E-state index contributed by atoms with van der Waals surface area (Å²) in [6.45, 7) is 0. The van der Waals surface area contributed by atoms with Crippen molar-refractivity contribution in [2.75, 3.05) is 0 Å². The van der Waals surface area contributed by atoms with Crippen molar-refractivity contribution >= 4 is 11.4 Å². The Labute approximate surface area is 112 Å². The first-order chi connectivity index (χ1) is 9.68. The lowest BCUT2D eigenvalue weighted by Crippen LogP contribution is -2.04. The SMILES string of the molecule is O=[N+]([O-])c1cc(-c2noc(C(F)(F)F)n2)cc([N+](=O)[O-])c1. The van der Waals surface area contributed by atoms with E-state index >= 15 is 0 Å². The van der Waals surface area contributed by atoms with Gasteiger partial charge in [0.15, 0.2) is 0 Å². The standard InChI is InChI=1S/C9H3F3N4O5/c10-9(11,12)8-13-7(14-21-8)4-1-5(15(17)18)3-6(2-4)16(19)20/h1-3H. The Morgan fingerprint density at radius 3 is 1.95 bits per heavy atom. The molecule has 0 fully saturated rings. The molecule has 2 rings (SSSR count). The molecule has 12 heteroatoms. The van der Waals surface area contributed by atoms with E-state index in [4.69, 9.17) is 0 Å². The summed E-state index contributed by atoms with van der Waals surface area (Å²) < 4.78 is 40.9. The summed E-state index contributed by atoms with van der Waals surface area (Å²) in [5.74, 6) is -2.30. The van der Waals surface area contributed by atoms with Gasteiger partial charge < -0.3 is 4.52 Å². The molecule has 110 valence electrons. The molecule has 0 amide bonds. The molecular formula is C9H3F3N4O5. The molecule has 0 aliphatic rings. The minimum absolute atomic E-state index is 0.338. The van der Waals surface area contributed by atoms with Gasteiger partial charge in [0, 0.05) is 17.7 Å². The van der Waals surface area contributed by atoms with Crippen molar-refractivity contribution in [3.63, 3.8) is 0 Å². The van der Waals surface area contributed by atoms with Crippen LogP contribution in [0.25, 0.3) is 11.4 Å². The van der Waals surface area contributed by atoms with Crippen LogP contribution in [0, 0.1) is 20.2 Å². The fraction of sp³-hybridized carbons (Fsp3) is 0.111. The summed E-state index contributed by atoms with van der Waals surface area (Å²) >= 11 is 0. The highest BCUT2D eigenvalue weighted by molar-refractivity contribution is 5.64. The van der Waals surface area contributed by atoms with Crippen molar-refractivity contribution in [3.8, 4) is 11.4 Å². The molecule has 0 saturated heterocycles. The predicted molar refractivity (Wildman–Crippen MR) is 58.0 cm³/mol.